The van der Waals surface area contributed by atoms with Crippen molar-refractivity contribution in [2.75, 3.05) is 35.4 Å². The average molecular weight is 626 g/mol. The van der Waals surface area contributed by atoms with E-state index in [1.165, 1.54) is 0 Å². The maximum atomic E-state index is 14.1. The number of anilines is 3. The van der Waals surface area contributed by atoms with Crippen LogP contribution in [0.4, 0.5) is 21.9 Å². The molecule has 1 heterocycles. The third-order valence-electron chi connectivity index (χ3n) is 8.50. The van der Waals surface area contributed by atoms with Gasteiger partial charge in [0.1, 0.15) is 0 Å². The maximum Gasteiger partial charge on any atom is 0.323 e. The number of amides is 2. The third kappa shape index (κ3) is 7.54. The number of carbonyl (C=O) groups is 1. The SMILES string of the molecule is CCCCC1(CCCC)CS(=O)(=O)c2ccc(N(C)C)cc2[C@@H](c2cccc(NC(=O)Nc3cccc(CCl)c3)c2)[C@H]1O. The van der Waals surface area contributed by atoms with Crippen molar-refractivity contribution in [2.24, 2.45) is 5.41 Å². The molecular formula is C34H44ClN3O4S. The highest BCUT2D eigenvalue weighted by atomic mass is 35.5. The molecule has 0 saturated heterocycles. The van der Waals surface area contributed by atoms with Gasteiger partial charge >= 0.3 is 6.03 Å². The van der Waals surface area contributed by atoms with Crippen LogP contribution in [0, 0.1) is 5.41 Å². The number of carbonyl (C=O) groups excluding carboxylic acids is 1. The summed E-state index contributed by atoms with van der Waals surface area (Å²) in [5.41, 5.74) is 3.45. The molecule has 43 heavy (non-hydrogen) atoms. The number of sulfone groups is 1. The fourth-order valence-electron chi connectivity index (χ4n) is 6.23. The van der Waals surface area contributed by atoms with Crippen LogP contribution in [-0.4, -0.2) is 45.5 Å². The molecule has 0 fully saturated rings. The van der Waals surface area contributed by atoms with Crippen molar-refractivity contribution >= 4 is 44.5 Å². The van der Waals surface area contributed by atoms with E-state index in [0.717, 1.165) is 42.5 Å². The zero-order chi connectivity index (χ0) is 31.2. The Labute approximate surface area is 261 Å². The molecule has 232 valence electrons. The van der Waals surface area contributed by atoms with Crippen LogP contribution in [-0.2, 0) is 15.7 Å². The molecule has 3 N–H and O–H groups in total. The van der Waals surface area contributed by atoms with Gasteiger partial charge in [-0.3, -0.25) is 0 Å². The minimum absolute atomic E-state index is 0.0896. The second-order valence-electron chi connectivity index (χ2n) is 11.9. The highest BCUT2D eigenvalue weighted by Crippen LogP contribution is 2.50. The molecule has 0 saturated carbocycles. The van der Waals surface area contributed by atoms with E-state index >= 15 is 0 Å². The van der Waals surface area contributed by atoms with Crippen LogP contribution in [0.3, 0.4) is 0 Å². The molecule has 0 radical (unpaired) electrons. The minimum atomic E-state index is -3.70. The van der Waals surface area contributed by atoms with Crippen LogP contribution in [0.5, 0.6) is 0 Å². The highest BCUT2D eigenvalue weighted by Gasteiger charge is 2.49. The number of alkyl halides is 1. The van der Waals surface area contributed by atoms with Gasteiger partial charge in [0.25, 0.3) is 0 Å². The van der Waals surface area contributed by atoms with Crippen molar-refractivity contribution in [3.63, 3.8) is 0 Å². The van der Waals surface area contributed by atoms with Gasteiger partial charge < -0.3 is 20.6 Å². The number of urea groups is 1. The number of fused-ring (bicyclic) bond motifs is 1. The summed E-state index contributed by atoms with van der Waals surface area (Å²) in [5, 5.41) is 18.2. The van der Waals surface area contributed by atoms with E-state index in [2.05, 4.69) is 24.5 Å². The van der Waals surface area contributed by atoms with E-state index in [1.54, 1.807) is 18.2 Å². The molecule has 2 amide bonds. The summed E-state index contributed by atoms with van der Waals surface area (Å²) < 4.78 is 28.1. The first-order valence-electron chi connectivity index (χ1n) is 15.1. The molecule has 0 spiro atoms. The molecule has 0 unspecified atom stereocenters. The molecule has 9 heteroatoms. The summed E-state index contributed by atoms with van der Waals surface area (Å²) in [6.07, 6.45) is 3.77. The van der Waals surface area contributed by atoms with Gasteiger partial charge in [0.2, 0.25) is 0 Å². The lowest BCUT2D eigenvalue weighted by atomic mass is 9.68. The number of hydrogen-bond acceptors (Lipinski definition) is 5. The maximum absolute atomic E-state index is 14.1. The van der Waals surface area contributed by atoms with E-state index < -0.39 is 33.3 Å². The van der Waals surface area contributed by atoms with Gasteiger partial charge in [-0.25, -0.2) is 13.2 Å². The molecule has 3 aromatic carbocycles. The van der Waals surface area contributed by atoms with Crippen LogP contribution in [0.25, 0.3) is 0 Å². The van der Waals surface area contributed by atoms with Crippen LogP contribution in [0.2, 0.25) is 0 Å². The van der Waals surface area contributed by atoms with Gasteiger partial charge in [-0.1, -0.05) is 63.8 Å². The Bertz CT molecular complexity index is 1520. The van der Waals surface area contributed by atoms with E-state index in [4.69, 9.17) is 11.6 Å². The van der Waals surface area contributed by atoms with E-state index in [1.807, 2.05) is 67.5 Å². The summed E-state index contributed by atoms with van der Waals surface area (Å²) in [6.45, 7) is 4.18. The predicted octanol–water partition coefficient (Wildman–Crippen LogP) is 7.78. The Kier molecular flexibility index (Phi) is 10.8. The standard InChI is InChI=1S/C34H44ClN3O4S/c1-5-7-17-34(18-8-6-2)23-43(41,42)30-16-15-28(38(3)4)21-29(30)31(32(34)39)25-12-10-14-27(20-25)37-33(40)36-26-13-9-11-24(19-26)22-35/h9-16,19-21,31-32,39H,5-8,17-18,22-23H2,1-4H3,(H2,36,37,40)/t31-,32-/m1/s1. The monoisotopic (exact) mass is 625 g/mol. The van der Waals surface area contributed by atoms with Gasteiger partial charge in [0, 0.05) is 48.4 Å². The molecule has 0 bridgehead atoms. The highest BCUT2D eigenvalue weighted by molar-refractivity contribution is 7.91. The summed E-state index contributed by atoms with van der Waals surface area (Å²) in [4.78, 5) is 15.1. The Morgan fingerprint density at radius 2 is 1.58 bits per heavy atom. The van der Waals surface area contributed by atoms with Crippen LogP contribution < -0.4 is 15.5 Å². The molecule has 0 aromatic heterocycles. The second-order valence-corrected chi connectivity index (χ2v) is 14.1. The van der Waals surface area contributed by atoms with Gasteiger partial charge in [0.05, 0.1) is 16.8 Å². The fourth-order valence-corrected chi connectivity index (χ4v) is 8.58. The van der Waals surface area contributed by atoms with Crippen LogP contribution >= 0.6 is 11.6 Å². The first kappa shape index (κ1) is 32.8. The Morgan fingerprint density at radius 1 is 0.953 bits per heavy atom. The summed E-state index contributed by atoms with van der Waals surface area (Å²) in [5.74, 6) is -0.354. The molecule has 0 aliphatic carbocycles. The van der Waals surface area contributed by atoms with Crippen LogP contribution in [0.15, 0.2) is 71.6 Å². The van der Waals surface area contributed by atoms with Crippen molar-refractivity contribution < 1.29 is 18.3 Å². The molecule has 2 atom stereocenters. The topological polar surface area (TPSA) is 98.7 Å². The molecule has 1 aliphatic rings. The zero-order valence-electron chi connectivity index (χ0n) is 25.6. The van der Waals surface area contributed by atoms with Crippen molar-refractivity contribution in [1.29, 1.82) is 0 Å². The molecule has 3 aromatic rings. The average Bonchev–Trinajstić information content (AvgIpc) is 3.05. The lowest BCUT2D eigenvalue weighted by Gasteiger charge is -2.40. The van der Waals surface area contributed by atoms with Crippen LogP contribution in [0.1, 0.15) is 75.0 Å². The van der Waals surface area contributed by atoms with Crippen molar-refractivity contribution in [3.8, 4) is 0 Å². The summed E-state index contributed by atoms with van der Waals surface area (Å²) in [7, 11) is 0.127. The first-order valence-corrected chi connectivity index (χ1v) is 17.3. The second kappa shape index (κ2) is 14.1. The number of hydrogen-bond donors (Lipinski definition) is 3. The Balaban J connectivity index is 1.80. The van der Waals surface area contributed by atoms with E-state index in [-0.39, 0.29) is 10.6 Å². The predicted molar refractivity (Wildman–Crippen MR) is 177 cm³/mol. The van der Waals surface area contributed by atoms with E-state index in [0.29, 0.717) is 35.7 Å². The van der Waals surface area contributed by atoms with Crippen molar-refractivity contribution in [2.45, 2.75) is 75.2 Å². The van der Waals surface area contributed by atoms with Gasteiger partial charge in [-0.05, 0) is 72.0 Å². The smallest absolute Gasteiger partial charge is 0.323 e. The largest absolute Gasteiger partial charge is 0.392 e. The quantitative estimate of drug-likeness (QED) is 0.189. The number of benzene rings is 3. The number of rotatable bonds is 11. The van der Waals surface area contributed by atoms with Gasteiger partial charge in [-0.2, -0.15) is 0 Å². The Morgan fingerprint density at radius 3 is 2.19 bits per heavy atom. The Hall–Kier alpha value is -3.07. The lowest BCUT2D eigenvalue weighted by molar-refractivity contribution is 0.0127. The molecule has 1 aliphatic heterocycles. The molecule has 4 rings (SSSR count). The first-order chi connectivity index (χ1) is 20.5. The number of halogens is 1. The summed E-state index contributed by atoms with van der Waals surface area (Å²) in [6, 6.07) is 19.7. The lowest BCUT2D eigenvalue weighted by Crippen LogP contribution is -2.43. The van der Waals surface area contributed by atoms with Crippen molar-refractivity contribution in [1.82, 2.24) is 0 Å². The molecule has 7 nitrogen and oxygen atoms in total. The summed E-state index contributed by atoms with van der Waals surface area (Å²) >= 11 is 5.95. The number of aliphatic hydroxyl groups excluding tert-OH is 1. The van der Waals surface area contributed by atoms with E-state index in [9.17, 15) is 18.3 Å². The third-order valence-corrected chi connectivity index (χ3v) is 10.8. The van der Waals surface area contributed by atoms with Gasteiger partial charge in [0.15, 0.2) is 9.84 Å². The number of aliphatic hydroxyl groups is 1. The van der Waals surface area contributed by atoms with Crippen molar-refractivity contribution in [3.05, 3.63) is 83.4 Å². The molecular weight excluding hydrogens is 582 g/mol. The normalized spacial score (nSPS) is 18.7. The number of nitrogens with zero attached hydrogens (tertiary/aromatic N) is 1. The number of nitrogens with one attached hydrogen (secondary N) is 2. The van der Waals surface area contributed by atoms with Gasteiger partial charge in [-0.15, -0.1) is 11.6 Å². The number of unbranched alkanes of at least 4 members (excludes halogenated alkanes) is 2. The minimum Gasteiger partial charge on any atom is -0.392 e. The fraction of sp³-hybridized carbons (Fsp3) is 0.441. The zero-order valence-corrected chi connectivity index (χ0v) is 27.1.